The van der Waals surface area contributed by atoms with E-state index in [-0.39, 0.29) is 5.92 Å². The molecule has 3 N–H and O–H groups in total. The van der Waals surface area contributed by atoms with Crippen molar-refractivity contribution in [1.82, 2.24) is 20.1 Å². The number of aryl methyl sites for hydroxylation is 1. The lowest BCUT2D eigenvalue weighted by atomic mass is 10.1. The Kier molecular flexibility index (Phi) is 4.71. The predicted octanol–water partition coefficient (Wildman–Crippen LogP) is 0.435. The van der Waals surface area contributed by atoms with Gasteiger partial charge in [-0.25, -0.2) is 4.79 Å². The third kappa shape index (κ3) is 3.46. The van der Waals surface area contributed by atoms with Gasteiger partial charge in [0, 0.05) is 7.05 Å². The number of aromatic nitrogens is 3. The zero-order chi connectivity index (χ0) is 13.9. The summed E-state index contributed by atoms with van der Waals surface area (Å²) in [5, 5.41) is 10.2. The van der Waals surface area contributed by atoms with Crippen molar-refractivity contribution in [3.05, 3.63) is 5.82 Å². The van der Waals surface area contributed by atoms with E-state index in [2.05, 4.69) is 15.5 Å². The zero-order valence-corrected chi connectivity index (χ0v) is 11.6. The lowest BCUT2D eigenvalue weighted by Crippen LogP contribution is -2.42. The normalized spacial score (nSPS) is 12.5. The Morgan fingerprint density at radius 2 is 2.00 bits per heavy atom. The number of thioether (sulfide) groups is 1. The maximum absolute atomic E-state index is 11.8. The average Bonchev–Trinajstić information content (AvgIpc) is 2.55. The van der Waals surface area contributed by atoms with Crippen molar-refractivity contribution < 1.29 is 9.59 Å². The number of carbonyl (C=O) groups is 2. The van der Waals surface area contributed by atoms with E-state index in [0.29, 0.717) is 5.16 Å². The molecule has 100 valence electrons. The predicted molar refractivity (Wildman–Crippen MR) is 67.9 cm³/mol. The van der Waals surface area contributed by atoms with E-state index >= 15 is 0 Å². The van der Waals surface area contributed by atoms with E-state index in [1.165, 1.54) is 11.8 Å². The number of carbonyl (C=O) groups excluding carboxylic acids is 2. The molecule has 8 heteroatoms. The molecule has 1 atom stereocenters. The molecule has 0 radical (unpaired) electrons. The summed E-state index contributed by atoms with van der Waals surface area (Å²) in [5.74, 6) is 0.379. The minimum atomic E-state index is -0.847. The maximum Gasteiger partial charge on any atom is 0.318 e. The highest BCUT2D eigenvalue weighted by molar-refractivity contribution is 8.00. The minimum absolute atomic E-state index is 0.0337. The molecule has 0 aliphatic rings. The molecule has 3 amide bonds. The molecule has 1 aromatic rings. The number of primary amides is 1. The van der Waals surface area contributed by atoms with E-state index in [1.807, 2.05) is 27.8 Å². The first-order valence-corrected chi connectivity index (χ1v) is 6.33. The molecule has 1 heterocycles. The van der Waals surface area contributed by atoms with Crippen LogP contribution >= 0.6 is 11.8 Å². The Morgan fingerprint density at radius 3 is 2.39 bits per heavy atom. The second-order valence-electron chi connectivity index (χ2n) is 4.22. The number of nitrogens with one attached hydrogen (secondary N) is 1. The van der Waals surface area contributed by atoms with Gasteiger partial charge in [0.1, 0.15) is 5.82 Å². The van der Waals surface area contributed by atoms with Gasteiger partial charge in [0.25, 0.3) is 0 Å². The molecule has 18 heavy (non-hydrogen) atoms. The van der Waals surface area contributed by atoms with Crippen LogP contribution in [0, 0.1) is 12.8 Å². The number of rotatable bonds is 4. The molecule has 0 spiro atoms. The molecule has 1 rings (SSSR count). The van der Waals surface area contributed by atoms with Crippen molar-refractivity contribution in [3.63, 3.8) is 0 Å². The molecule has 0 fully saturated rings. The Labute approximate surface area is 110 Å². The Hall–Kier alpha value is -1.57. The van der Waals surface area contributed by atoms with Crippen LogP contribution in [-0.4, -0.2) is 32.0 Å². The van der Waals surface area contributed by atoms with Gasteiger partial charge in [-0.05, 0) is 12.8 Å². The van der Waals surface area contributed by atoms with Crippen molar-refractivity contribution in [2.75, 3.05) is 0 Å². The van der Waals surface area contributed by atoms with Crippen molar-refractivity contribution in [1.29, 1.82) is 0 Å². The van der Waals surface area contributed by atoms with E-state index in [0.717, 1.165) is 5.82 Å². The topological polar surface area (TPSA) is 103 Å². The Balaban J connectivity index is 2.84. The van der Waals surface area contributed by atoms with Crippen LogP contribution in [0.1, 0.15) is 19.7 Å². The van der Waals surface area contributed by atoms with Crippen LogP contribution in [0.3, 0.4) is 0 Å². The first-order valence-electron chi connectivity index (χ1n) is 5.46. The summed E-state index contributed by atoms with van der Waals surface area (Å²) in [6.45, 7) is 5.61. The SMILES string of the molecule is Cc1nnc(SC(C(=O)NC(N)=O)C(C)C)n1C. The minimum Gasteiger partial charge on any atom is -0.351 e. The Morgan fingerprint density at radius 1 is 1.39 bits per heavy atom. The highest BCUT2D eigenvalue weighted by Crippen LogP contribution is 2.26. The van der Waals surface area contributed by atoms with Gasteiger partial charge in [0.05, 0.1) is 5.25 Å². The van der Waals surface area contributed by atoms with Crippen LogP contribution in [0.5, 0.6) is 0 Å². The molecular weight excluding hydrogens is 254 g/mol. The van der Waals surface area contributed by atoms with Crippen molar-refractivity contribution in [2.45, 2.75) is 31.2 Å². The largest absolute Gasteiger partial charge is 0.351 e. The van der Waals surface area contributed by atoms with E-state index in [4.69, 9.17) is 5.73 Å². The summed E-state index contributed by atoms with van der Waals surface area (Å²) in [4.78, 5) is 22.5. The van der Waals surface area contributed by atoms with Gasteiger partial charge in [-0.1, -0.05) is 25.6 Å². The number of amides is 3. The number of urea groups is 1. The molecule has 0 aromatic carbocycles. The first-order chi connectivity index (χ1) is 8.32. The number of nitrogens with two attached hydrogens (primary N) is 1. The molecular formula is C10H17N5O2S. The number of imide groups is 1. The smallest absolute Gasteiger partial charge is 0.318 e. The molecule has 0 bridgehead atoms. The molecule has 1 unspecified atom stereocenters. The summed E-state index contributed by atoms with van der Waals surface area (Å²) in [7, 11) is 1.82. The molecule has 0 aliphatic heterocycles. The van der Waals surface area contributed by atoms with Crippen molar-refractivity contribution >= 4 is 23.7 Å². The van der Waals surface area contributed by atoms with E-state index in [9.17, 15) is 9.59 Å². The fourth-order valence-electron chi connectivity index (χ4n) is 1.29. The Bertz CT molecular complexity index is 457. The van der Waals surface area contributed by atoms with Crippen LogP contribution in [0.25, 0.3) is 0 Å². The molecule has 0 aliphatic carbocycles. The van der Waals surface area contributed by atoms with Gasteiger partial charge in [-0.2, -0.15) is 0 Å². The number of hydrogen-bond acceptors (Lipinski definition) is 5. The van der Waals surface area contributed by atoms with E-state index < -0.39 is 17.2 Å². The van der Waals surface area contributed by atoms with Crippen molar-refractivity contribution in [2.24, 2.45) is 18.7 Å². The monoisotopic (exact) mass is 271 g/mol. The maximum atomic E-state index is 11.8. The van der Waals surface area contributed by atoms with Gasteiger partial charge >= 0.3 is 6.03 Å². The second-order valence-corrected chi connectivity index (χ2v) is 5.33. The van der Waals surface area contributed by atoms with Crippen LogP contribution in [-0.2, 0) is 11.8 Å². The van der Waals surface area contributed by atoms with Gasteiger partial charge in [-0.15, -0.1) is 10.2 Å². The van der Waals surface area contributed by atoms with Gasteiger partial charge in [-0.3, -0.25) is 10.1 Å². The van der Waals surface area contributed by atoms with Crippen LogP contribution in [0.2, 0.25) is 0 Å². The van der Waals surface area contributed by atoms with Crippen LogP contribution in [0.4, 0.5) is 4.79 Å². The lowest BCUT2D eigenvalue weighted by molar-refractivity contribution is -0.120. The van der Waals surface area contributed by atoms with Gasteiger partial charge in [0.15, 0.2) is 5.16 Å². The molecule has 0 saturated heterocycles. The van der Waals surface area contributed by atoms with Gasteiger partial charge in [0.2, 0.25) is 5.91 Å². The summed E-state index contributed by atoms with van der Waals surface area (Å²) in [6.07, 6.45) is 0. The average molecular weight is 271 g/mol. The number of hydrogen-bond donors (Lipinski definition) is 2. The van der Waals surface area contributed by atoms with Crippen LogP contribution < -0.4 is 11.1 Å². The summed E-state index contributed by atoms with van der Waals surface area (Å²) in [5.41, 5.74) is 4.95. The molecule has 0 saturated carbocycles. The highest BCUT2D eigenvalue weighted by atomic mass is 32.2. The summed E-state index contributed by atoms with van der Waals surface area (Å²) < 4.78 is 1.79. The highest BCUT2D eigenvalue weighted by Gasteiger charge is 2.26. The zero-order valence-electron chi connectivity index (χ0n) is 10.8. The third-order valence-electron chi connectivity index (χ3n) is 2.40. The van der Waals surface area contributed by atoms with Gasteiger partial charge < -0.3 is 10.3 Å². The summed E-state index contributed by atoms with van der Waals surface area (Å²) >= 11 is 1.26. The molecule has 1 aromatic heterocycles. The van der Waals surface area contributed by atoms with Crippen molar-refractivity contribution in [3.8, 4) is 0 Å². The fraction of sp³-hybridized carbons (Fsp3) is 0.600. The standard InChI is InChI=1S/C10H17N5O2S/c1-5(2)7(8(16)12-9(11)17)18-10-14-13-6(3)15(10)4/h5,7H,1-4H3,(H3,11,12,16,17). The number of nitrogens with zero attached hydrogens (tertiary/aromatic N) is 3. The second kappa shape index (κ2) is 5.85. The van der Waals surface area contributed by atoms with E-state index in [1.54, 1.807) is 4.57 Å². The summed E-state index contributed by atoms with van der Waals surface area (Å²) in [6, 6.07) is -0.847. The third-order valence-corrected chi connectivity index (χ3v) is 3.97. The lowest BCUT2D eigenvalue weighted by Gasteiger charge is -2.17. The van der Waals surface area contributed by atoms with Crippen LogP contribution in [0.15, 0.2) is 5.16 Å². The molecule has 7 nitrogen and oxygen atoms in total. The quantitative estimate of drug-likeness (QED) is 0.773. The fourth-order valence-corrected chi connectivity index (χ4v) is 2.33. The first kappa shape index (κ1) is 14.5.